The third-order valence-electron chi connectivity index (χ3n) is 3.58. The van der Waals surface area contributed by atoms with Crippen LogP contribution in [0.25, 0.3) is 0 Å². The van der Waals surface area contributed by atoms with Crippen molar-refractivity contribution in [3.8, 4) is 11.5 Å². The van der Waals surface area contributed by atoms with Gasteiger partial charge >= 0.3 is 0 Å². The number of aliphatic hydroxyl groups excluding tert-OH is 1. The number of amides is 1. The molecule has 1 amide bonds. The molecule has 0 bridgehead atoms. The molecule has 24 heavy (non-hydrogen) atoms. The van der Waals surface area contributed by atoms with Crippen molar-refractivity contribution in [2.24, 2.45) is 0 Å². The molecule has 0 aliphatic carbocycles. The van der Waals surface area contributed by atoms with Crippen LogP contribution in [0.1, 0.15) is 22.0 Å². The van der Waals surface area contributed by atoms with Crippen molar-refractivity contribution in [3.63, 3.8) is 0 Å². The number of hydrogen-bond donors (Lipinski definition) is 2. The Kier molecular flexibility index (Phi) is 4.61. The molecule has 5 nitrogen and oxygen atoms in total. The Hall–Kier alpha value is -2.67. The van der Waals surface area contributed by atoms with E-state index in [0.717, 1.165) is 12.1 Å². The molecule has 1 aliphatic heterocycles. The summed E-state index contributed by atoms with van der Waals surface area (Å²) in [6.07, 6.45) is -1.01. The number of benzene rings is 2. The molecular weight excluding hydrogens is 320 g/mol. The normalized spacial score (nSPS) is 14.1. The molecular formula is C17H15F2NO4. The average Bonchev–Trinajstić information content (AvgIpc) is 2.59. The van der Waals surface area contributed by atoms with E-state index in [1.807, 2.05) is 0 Å². The second-order valence-corrected chi connectivity index (χ2v) is 5.25. The van der Waals surface area contributed by atoms with E-state index < -0.39 is 23.6 Å². The fourth-order valence-corrected chi connectivity index (χ4v) is 2.34. The number of hydrogen-bond acceptors (Lipinski definition) is 4. The van der Waals surface area contributed by atoms with Gasteiger partial charge in [0.25, 0.3) is 5.91 Å². The number of carbonyl (C=O) groups is 1. The van der Waals surface area contributed by atoms with E-state index in [1.54, 1.807) is 18.2 Å². The van der Waals surface area contributed by atoms with Gasteiger partial charge in [0.1, 0.15) is 24.8 Å². The first-order chi connectivity index (χ1) is 11.5. The van der Waals surface area contributed by atoms with Crippen LogP contribution in [0.4, 0.5) is 8.78 Å². The van der Waals surface area contributed by atoms with Crippen molar-refractivity contribution in [1.82, 2.24) is 5.32 Å². The van der Waals surface area contributed by atoms with Gasteiger partial charge in [-0.3, -0.25) is 4.79 Å². The van der Waals surface area contributed by atoms with Gasteiger partial charge in [0.15, 0.2) is 11.5 Å². The highest BCUT2D eigenvalue weighted by Gasteiger charge is 2.17. The van der Waals surface area contributed by atoms with E-state index in [1.165, 1.54) is 0 Å². The van der Waals surface area contributed by atoms with Gasteiger partial charge in [0, 0.05) is 12.6 Å². The van der Waals surface area contributed by atoms with Crippen LogP contribution in [0.3, 0.4) is 0 Å². The highest BCUT2D eigenvalue weighted by molar-refractivity contribution is 5.94. The van der Waals surface area contributed by atoms with Gasteiger partial charge in [0.2, 0.25) is 0 Å². The summed E-state index contributed by atoms with van der Waals surface area (Å²) in [5.41, 5.74) is 0.241. The van der Waals surface area contributed by atoms with Crippen LogP contribution in [0.2, 0.25) is 0 Å². The molecule has 2 N–H and O–H groups in total. The van der Waals surface area contributed by atoms with E-state index in [-0.39, 0.29) is 12.1 Å². The number of halogens is 2. The van der Waals surface area contributed by atoms with Crippen LogP contribution < -0.4 is 14.8 Å². The fourth-order valence-electron chi connectivity index (χ4n) is 2.34. The van der Waals surface area contributed by atoms with Crippen molar-refractivity contribution >= 4 is 5.91 Å². The zero-order valence-electron chi connectivity index (χ0n) is 12.6. The van der Waals surface area contributed by atoms with Crippen LogP contribution in [0.15, 0.2) is 36.4 Å². The number of ether oxygens (including phenoxy) is 2. The first kappa shape index (κ1) is 16.2. The Morgan fingerprint density at radius 3 is 2.62 bits per heavy atom. The van der Waals surface area contributed by atoms with Gasteiger partial charge in [-0.05, 0) is 29.8 Å². The zero-order chi connectivity index (χ0) is 17.1. The molecule has 0 fully saturated rings. The van der Waals surface area contributed by atoms with Crippen molar-refractivity contribution in [2.45, 2.75) is 6.10 Å². The third-order valence-corrected chi connectivity index (χ3v) is 3.58. The quantitative estimate of drug-likeness (QED) is 0.899. The maximum atomic E-state index is 13.5. The Labute approximate surface area is 136 Å². The number of rotatable bonds is 4. The van der Waals surface area contributed by atoms with Crippen molar-refractivity contribution in [1.29, 1.82) is 0 Å². The molecule has 0 spiro atoms. The second kappa shape index (κ2) is 6.84. The fraction of sp³-hybridized carbons (Fsp3) is 0.235. The molecule has 1 aliphatic rings. The van der Waals surface area contributed by atoms with Crippen molar-refractivity contribution in [3.05, 3.63) is 59.2 Å². The molecule has 0 radical (unpaired) electrons. The van der Waals surface area contributed by atoms with E-state index in [2.05, 4.69) is 5.32 Å². The smallest absolute Gasteiger partial charge is 0.254 e. The molecule has 126 valence electrons. The summed E-state index contributed by atoms with van der Waals surface area (Å²) >= 11 is 0. The largest absolute Gasteiger partial charge is 0.486 e. The Balaban J connectivity index is 1.64. The summed E-state index contributed by atoms with van der Waals surface area (Å²) in [6, 6.07) is 7.64. The maximum absolute atomic E-state index is 13.5. The van der Waals surface area contributed by atoms with Crippen molar-refractivity contribution < 1.29 is 28.2 Å². The molecule has 2 aromatic carbocycles. The molecule has 7 heteroatoms. The molecule has 0 saturated carbocycles. The molecule has 1 atom stereocenters. The predicted octanol–water partition coefficient (Wildman–Crippen LogP) is 2.20. The summed E-state index contributed by atoms with van der Waals surface area (Å²) in [5, 5.41) is 12.6. The van der Waals surface area contributed by atoms with Gasteiger partial charge in [-0.15, -0.1) is 0 Å². The van der Waals surface area contributed by atoms with E-state index in [4.69, 9.17) is 9.47 Å². The van der Waals surface area contributed by atoms with Crippen LogP contribution >= 0.6 is 0 Å². The van der Waals surface area contributed by atoms with Crippen LogP contribution in [-0.4, -0.2) is 30.8 Å². The Morgan fingerprint density at radius 1 is 1.12 bits per heavy atom. The van der Waals surface area contributed by atoms with E-state index in [9.17, 15) is 18.7 Å². The number of aliphatic hydroxyl groups is 1. The van der Waals surface area contributed by atoms with Gasteiger partial charge in [-0.1, -0.05) is 6.07 Å². The molecule has 2 aromatic rings. The van der Waals surface area contributed by atoms with E-state index >= 15 is 0 Å². The SMILES string of the molecule is O=C(NCC(O)c1ccc2c(c1)OCCO2)c1ccc(F)cc1F. The van der Waals surface area contributed by atoms with Crippen LogP contribution in [0, 0.1) is 11.6 Å². The maximum Gasteiger partial charge on any atom is 0.254 e. The van der Waals surface area contributed by atoms with Gasteiger partial charge < -0.3 is 19.9 Å². The topological polar surface area (TPSA) is 67.8 Å². The lowest BCUT2D eigenvalue weighted by Crippen LogP contribution is -2.29. The summed E-state index contributed by atoms with van der Waals surface area (Å²) in [7, 11) is 0. The molecule has 1 unspecified atom stereocenters. The van der Waals surface area contributed by atoms with Gasteiger partial charge in [-0.2, -0.15) is 0 Å². The number of fused-ring (bicyclic) bond motifs is 1. The Bertz CT molecular complexity index is 766. The predicted molar refractivity (Wildman–Crippen MR) is 81.1 cm³/mol. The van der Waals surface area contributed by atoms with E-state index in [0.29, 0.717) is 36.3 Å². The summed E-state index contributed by atoms with van der Waals surface area (Å²) in [4.78, 5) is 11.9. The van der Waals surface area contributed by atoms with Crippen molar-refractivity contribution in [2.75, 3.05) is 19.8 Å². The lowest BCUT2D eigenvalue weighted by atomic mass is 10.1. The average molecular weight is 335 g/mol. The van der Waals surface area contributed by atoms with Gasteiger partial charge in [0.05, 0.1) is 11.7 Å². The third kappa shape index (κ3) is 3.46. The molecule has 1 heterocycles. The molecule has 0 aromatic heterocycles. The summed E-state index contributed by atoms with van der Waals surface area (Å²) < 4.78 is 37.2. The highest BCUT2D eigenvalue weighted by atomic mass is 19.1. The van der Waals surface area contributed by atoms with Gasteiger partial charge in [-0.25, -0.2) is 8.78 Å². The number of carbonyl (C=O) groups excluding carboxylic acids is 1. The summed E-state index contributed by atoms with van der Waals surface area (Å²) in [5.74, 6) is -1.34. The molecule has 0 saturated heterocycles. The van der Waals surface area contributed by atoms with Crippen LogP contribution in [0.5, 0.6) is 11.5 Å². The lowest BCUT2D eigenvalue weighted by Gasteiger charge is -2.20. The minimum atomic E-state index is -1.01. The lowest BCUT2D eigenvalue weighted by molar-refractivity contribution is 0.0911. The minimum Gasteiger partial charge on any atom is -0.486 e. The zero-order valence-corrected chi connectivity index (χ0v) is 12.6. The second-order valence-electron chi connectivity index (χ2n) is 5.25. The first-order valence-electron chi connectivity index (χ1n) is 7.35. The van der Waals surface area contributed by atoms with Crippen LogP contribution in [-0.2, 0) is 0 Å². The minimum absolute atomic E-state index is 0.130. The monoisotopic (exact) mass is 335 g/mol. The first-order valence-corrected chi connectivity index (χ1v) is 7.35. The standard InChI is InChI=1S/C17H15F2NO4/c18-11-2-3-12(13(19)8-11)17(22)20-9-14(21)10-1-4-15-16(7-10)24-6-5-23-15/h1-4,7-8,14,21H,5-6,9H2,(H,20,22). The number of nitrogens with one attached hydrogen (secondary N) is 1. The Morgan fingerprint density at radius 2 is 1.88 bits per heavy atom. The molecule has 3 rings (SSSR count). The highest BCUT2D eigenvalue weighted by Crippen LogP contribution is 2.32. The summed E-state index contributed by atoms with van der Waals surface area (Å²) in [6.45, 7) is 0.761.